The first-order valence-electron chi connectivity index (χ1n) is 5.00. The van der Waals surface area contributed by atoms with Gasteiger partial charge in [-0.25, -0.2) is 0 Å². The highest BCUT2D eigenvalue weighted by atomic mass is 35.5. The number of carbonyl (C=O) groups is 1. The van der Waals surface area contributed by atoms with E-state index in [0.717, 1.165) is 18.8 Å². The van der Waals surface area contributed by atoms with Gasteiger partial charge in [0.1, 0.15) is 5.38 Å². The highest BCUT2D eigenvalue weighted by molar-refractivity contribution is 6.30. The van der Waals surface area contributed by atoms with E-state index in [1.807, 2.05) is 0 Å². The molecule has 1 saturated carbocycles. The number of alkyl halides is 1. The topological polar surface area (TPSA) is 29.1 Å². The molecule has 1 unspecified atom stereocenters. The fourth-order valence-corrected chi connectivity index (χ4v) is 2.29. The van der Waals surface area contributed by atoms with Crippen molar-refractivity contribution in [3.05, 3.63) is 0 Å². The first kappa shape index (κ1) is 10.8. The highest BCUT2D eigenvalue weighted by Gasteiger charge is 2.28. The van der Waals surface area contributed by atoms with Crippen LogP contribution in [0.25, 0.3) is 0 Å². The number of hydrogen-bond donors (Lipinski definition) is 1. The smallest absolute Gasteiger partial charge is 0.238 e. The van der Waals surface area contributed by atoms with Crippen LogP contribution in [0.1, 0.15) is 32.6 Å². The zero-order chi connectivity index (χ0) is 9.84. The first-order chi connectivity index (χ1) is 6.15. The lowest BCUT2D eigenvalue weighted by Gasteiger charge is -2.28. The van der Waals surface area contributed by atoms with Gasteiger partial charge in [-0.1, -0.05) is 19.8 Å². The van der Waals surface area contributed by atoms with Gasteiger partial charge in [0.25, 0.3) is 0 Å². The van der Waals surface area contributed by atoms with Crippen LogP contribution in [0.15, 0.2) is 0 Å². The van der Waals surface area contributed by atoms with Crippen LogP contribution < -0.4 is 5.32 Å². The van der Waals surface area contributed by atoms with Crippen LogP contribution in [0.3, 0.4) is 0 Å². The lowest BCUT2D eigenvalue weighted by Crippen LogP contribution is -2.35. The fourth-order valence-electron chi connectivity index (χ4n) is 1.93. The minimum absolute atomic E-state index is 0.0266. The minimum Gasteiger partial charge on any atom is -0.358 e. The third-order valence-electron chi connectivity index (χ3n) is 2.97. The van der Waals surface area contributed by atoms with Gasteiger partial charge in [-0.05, 0) is 24.7 Å². The first-order valence-corrected chi connectivity index (χ1v) is 5.44. The number of amides is 1. The Morgan fingerprint density at radius 3 is 2.38 bits per heavy atom. The molecule has 3 heteroatoms. The standard InChI is InChI=1S/C10H18ClNO/c1-7-3-5-8(6-4-7)9(11)10(13)12-2/h7-9H,3-6H2,1-2H3,(H,12,13). The molecule has 1 aliphatic carbocycles. The van der Waals surface area contributed by atoms with E-state index < -0.39 is 0 Å². The third-order valence-corrected chi connectivity index (χ3v) is 3.53. The second-order valence-corrected chi connectivity index (χ2v) is 4.51. The van der Waals surface area contributed by atoms with Gasteiger partial charge in [0.15, 0.2) is 0 Å². The van der Waals surface area contributed by atoms with Crippen molar-refractivity contribution in [1.82, 2.24) is 5.32 Å². The van der Waals surface area contributed by atoms with Gasteiger partial charge in [-0.2, -0.15) is 0 Å². The van der Waals surface area contributed by atoms with E-state index in [4.69, 9.17) is 11.6 Å². The van der Waals surface area contributed by atoms with E-state index in [9.17, 15) is 4.79 Å². The van der Waals surface area contributed by atoms with Gasteiger partial charge >= 0.3 is 0 Å². The Kier molecular flexibility index (Phi) is 4.04. The van der Waals surface area contributed by atoms with Crippen LogP contribution in [0, 0.1) is 11.8 Å². The van der Waals surface area contributed by atoms with Crippen molar-refractivity contribution in [1.29, 1.82) is 0 Å². The summed E-state index contributed by atoms with van der Waals surface area (Å²) in [5.74, 6) is 1.17. The lowest BCUT2D eigenvalue weighted by atomic mass is 9.81. The van der Waals surface area contributed by atoms with Crippen molar-refractivity contribution < 1.29 is 4.79 Å². The predicted octanol–water partition coefficient (Wildman–Crippen LogP) is 2.17. The SMILES string of the molecule is CNC(=O)C(Cl)C1CCC(C)CC1. The van der Waals surface area contributed by atoms with Crippen LogP contribution in [0.4, 0.5) is 0 Å². The number of carbonyl (C=O) groups excluding carboxylic acids is 1. The molecular formula is C10H18ClNO. The molecule has 1 rings (SSSR count). The largest absolute Gasteiger partial charge is 0.358 e. The van der Waals surface area contributed by atoms with E-state index in [2.05, 4.69) is 12.2 Å². The second kappa shape index (κ2) is 4.85. The molecule has 0 aromatic rings. The number of rotatable bonds is 2. The molecule has 13 heavy (non-hydrogen) atoms. The molecule has 0 aromatic carbocycles. The fraction of sp³-hybridized carbons (Fsp3) is 0.900. The molecule has 1 N–H and O–H groups in total. The van der Waals surface area contributed by atoms with Crippen molar-refractivity contribution >= 4 is 17.5 Å². The van der Waals surface area contributed by atoms with Gasteiger partial charge in [-0.3, -0.25) is 4.79 Å². The summed E-state index contributed by atoms with van der Waals surface area (Å²) in [5, 5.41) is 2.28. The van der Waals surface area contributed by atoms with E-state index in [-0.39, 0.29) is 11.3 Å². The summed E-state index contributed by atoms with van der Waals surface area (Å²) in [6.45, 7) is 2.26. The van der Waals surface area contributed by atoms with Crippen LogP contribution in [0.2, 0.25) is 0 Å². The van der Waals surface area contributed by atoms with Gasteiger partial charge < -0.3 is 5.32 Å². The minimum atomic E-state index is -0.322. The quantitative estimate of drug-likeness (QED) is 0.685. The molecule has 1 amide bonds. The molecule has 76 valence electrons. The van der Waals surface area contributed by atoms with E-state index >= 15 is 0 Å². The summed E-state index contributed by atoms with van der Waals surface area (Å²) in [6, 6.07) is 0. The Balaban J connectivity index is 2.39. The summed E-state index contributed by atoms with van der Waals surface area (Å²) in [5.41, 5.74) is 0. The maximum Gasteiger partial charge on any atom is 0.238 e. The van der Waals surface area contributed by atoms with Gasteiger partial charge in [0.05, 0.1) is 0 Å². The number of halogens is 1. The molecule has 1 fully saturated rings. The van der Waals surface area contributed by atoms with Crippen molar-refractivity contribution in [3.63, 3.8) is 0 Å². The molecule has 0 bridgehead atoms. The van der Waals surface area contributed by atoms with Crippen molar-refractivity contribution in [2.24, 2.45) is 11.8 Å². The molecule has 1 aliphatic rings. The van der Waals surface area contributed by atoms with E-state index in [1.54, 1.807) is 7.05 Å². The molecule has 0 saturated heterocycles. The van der Waals surface area contributed by atoms with Crippen LogP contribution >= 0.6 is 11.6 Å². The molecule has 2 nitrogen and oxygen atoms in total. The summed E-state index contributed by atoms with van der Waals surface area (Å²) in [6.07, 6.45) is 4.63. The zero-order valence-corrected chi connectivity index (χ0v) is 9.10. The van der Waals surface area contributed by atoms with Gasteiger partial charge in [0.2, 0.25) is 5.91 Å². The Labute approximate surface area is 85.0 Å². The average Bonchev–Trinajstić information content (AvgIpc) is 2.17. The predicted molar refractivity (Wildman–Crippen MR) is 54.8 cm³/mol. The van der Waals surface area contributed by atoms with Crippen LogP contribution in [0.5, 0.6) is 0 Å². The molecule has 1 atom stereocenters. The maximum absolute atomic E-state index is 11.2. The number of nitrogens with one attached hydrogen (secondary N) is 1. The van der Waals surface area contributed by atoms with Gasteiger partial charge in [-0.15, -0.1) is 11.6 Å². The highest BCUT2D eigenvalue weighted by Crippen LogP contribution is 2.32. The molecule has 0 radical (unpaired) electrons. The van der Waals surface area contributed by atoms with Crippen molar-refractivity contribution in [2.45, 2.75) is 38.0 Å². The second-order valence-electron chi connectivity index (χ2n) is 4.04. The van der Waals surface area contributed by atoms with Gasteiger partial charge in [0, 0.05) is 7.05 Å². The van der Waals surface area contributed by atoms with Crippen LogP contribution in [-0.2, 0) is 4.79 Å². The maximum atomic E-state index is 11.2. The summed E-state index contributed by atoms with van der Waals surface area (Å²) < 4.78 is 0. The third kappa shape index (κ3) is 2.87. The van der Waals surface area contributed by atoms with Crippen LogP contribution in [-0.4, -0.2) is 18.3 Å². The zero-order valence-electron chi connectivity index (χ0n) is 8.35. The molecule has 0 aromatic heterocycles. The molecule has 0 heterocycles. The van der Waals surface area contributed by atoms with E-state index in [1.165, 1.54) is 12.8 Å². The molecule has 0 aliphatic heterocycles. The normalized spacial score (nSPS) is 31.0. The van der Waals surface area contributed by atoms with E-state index in [0.29, 0.717) is 5.92 Å². The summed E-state index contributed by atoms with van der Waals surface area (Å²) in [4.78, 5) is 11.2. The number of hydrogen-bond acceptors (Lipinski definition) is 1. The summed E-state index contributed by atoms with van der Waals surface area (Å²) in [7, 11) is 1.64. The average molecular weight is 204 g/mol. The lowest BCUT2D eigenvalue weighted by molar-refractivity contribution is -0.121. The Bertz CT molecular complexity index is 176. The Morgan fingerprint density at radius 2 is 1.92 bits per heavy atom. The van der Waals surface area contributed by atoms with Crippen molar-refractivity contribution in [3.8, 4) is 0 Å². The Morgan fingerprint density at radius 1 is 1.38 bits per heavy atom. The monoisotopic (exact) mass is 203 g/mol. The summed E-state index contributed by atoms with van der Waals surface area (Å²) >= 11 is 6.05. The Hall–Kier alpha value is -0.240. The van der Waals surface area contributed by atoms with Crippen molar-refractivity contribution in [2.75, 3.05) is 7.05 Å². The molecule has 0 spiro atoms. The molecular weight excluding hydrogens is 186 g/mol.